The molecule has 2 aromatic rings. The van der Waals surface area contributed by atoms with Gasteiger partial charge in [0.25, 0.3) is 0 Å². The minimum absolute atomic E-state index is 0.0262. The largest absolute Gasteiger partial charge is 0.493 e. The maximum atomic E-state index is 12.6. The van der Waals surface area contributed by atoms with Crippen LogP contribution in [0.25, 0.3) is 0 Å². The van der Waals surface area contributed by atoms with Gasteiger partial charge in [0.05, 0.1) is 7.11 Å². The summed E-state index contributed by atoms with van der Waals surface area (Å²) in [4.78, 5) is 11.9. The highest BCUT2D eigenvalue weighted by Crippen LogP contribution is 2.32. The predicted molar refractivity (Wildman–Crippen MR) is 97.6 cm³/mol. The number of carbonyl (C=O) groups excluding carboxylic acids is 1. The first-order chi connectivity index (χ1) is 12.2. The number of aryl methyl sites for hydroxylation is 2. The summed E-state index contributed by atoms with van der Waals surface area (Å²) in [7, 11) is 1.39. The summed E-state index contributed by atoms with van der Waals surface area (Å²) in [6, 6.07) is 6.74. The lowest BCUT2D eigenvalue weighted by molar-refractivity contribution is -0.0511. The lowest BCUT2D eigenvalue weighted by Gasteiger charge is -2.18. The van der Waals surface area contributed by atoms with Crippen molar-refractivity contribution in [2.24, 2.45) is 0 Å². The molecule has 0 amide bonds. The lowest BCUT2D eigenvalue weighted by Crippen LogP contribution is -2.10. The Balaban J connectivity index is 2.29. The van der Waals surface area contributed by atoms with Gasteiger partial charge in [0.1, 0.15) is 0 Å². The highest BCUT2D eigenvalue weighted by molar-refractivity contribution is 5.97. The molecule has 0 saturated heterocycles. The number of methoxy groups -OCH3 is 1. The highest BCUT2D eigenvalue weighted by Gasteiger charge is 2.15. The van der Waals surface area contributed by atoms with Crippen molar-refractivity contribution in [2.75, 3.05) is 12.4 Å². The molecule has 2 rings (SSSR count). The molecule has 4 nitrogen and oxygen atoms in total. The van der Waals surface area contributed by atoms with Gasteiger partial charge in [0, 0.05) is 23.9 Å². The van der Waals surface area contributed by atoms with Crippen molar-refractivity contribution in [1.82, 2.24) is 0 Å². The monoisotopic (exact) mass is 363 g/mol. The number of ketones is 1. The molecule has 0 aliphatic heterocycles. The molecule has 26 heavy (non-hydrogen) atoms. The van der Waals surface area contributed by atoms with Gasteiger partial charge in [-0.1, -0.05) is 6.07 Å². The molecule has 0 aliphatic rings. The molecule has 0 atom stereocenters. The van der Waals surface area contributed by atoms with E-state index in [2.05, 4.69) is 10.1 Å². The number of nitrogens with one attached hydrogen (secondary N) is 1. The Morgan fingerprint density at radius 2 is 1.81 bits per heavy atom. The average molecular weight is 363 g/mol. The van der Waals surface area contributed by atoms with Gasteiger partial charge in [-0.2, -0.15) is 8.78 Å². The summed E-state index contributed by atoms with van der Waals surface area (Å²) in [5, 5.41) is 3.20. The second kappa shape index (κ2) is 8.17. The summed E-state index contributed by atoms with van der Waals surface area (Å²) in [5.74, 6) is 0.227. The fraction of sp³-hybridized carbons (Fsp3) is 0.350. The first-order valence-electron chi connectivity index (χ1n) is 8.22. The zero-order chi connectivity index (χ0) is 19.4. The summed E-state index contributed by atoms with van der Waals surface area (Å²) >= 11 is 0. The minimum Gasteiger partial charge on any atom is -0.493 e. The number of halogens is 2. The zero-order valence-corrected chi connectivity index (χ0v) is 15.6. The molecular weight excluding hydrogens is 340 g/mol. The molecule has 2 aromatic carbocycles. The van der Waals surface area contributed by atoms with Gasteiger partial charge in [-0.15, -0.1) is 0 Å². The molecule has 0 saturated carbocycles. The second-order valence-corrected chi connectivity index (χ2v) is 6.14. The molecule has 0 aromatic heterocycles. The van der Waals surface area contributed by atoms with Gasteiger partial charge in [-0.05, 0) is 62.1 Å². The number of carbonyl (C=O) groups is 1. The Hall–Kier alpha value is -2.63. The van der Waals surface area contributed by atoms with Crippen LogP contribution in [0.15, 0.2) is 24.3 Å². The Morgan fingerprint density at radius 3 is 2.38 bits per heavy atom. The van der Waals surface area contributed by atoms with Crippen LogP contribution in [0.2, 0.25) is 0 Å². The van der Waals surface area contributed by atoms with Crippen molar-refractivity contribution in [3.63, 3.8) is 0 Å². The van der Waals surface area contributed by atoms with E-state index in [4.69, 9.17) is 4.74 Å². The number of Topliss-reactive ketones (excluding diaryl/α,β-unsaturated/α-hetero) is 1. The molecule has 0 fully saturated rings. The van der Waals surface area contributed by atoms with Crippen molar-refractivity contribution in [2.45, 2.75) is 40.9 Å². The molecule has 0 radical (unpaired) electrons. The number of alkyl halides is 2. The molecule has 0 aliphatic carbocycles. The average Bonchev–Trinajstić information content (AvgIpc) is 2.53. The van der Waals surface area contributed by atoms with Crippen LogP contribution in [-0.2, 0) is 6.54 Å². The standard InChI is InChI=1S/C20H23F2NO3/c1-11-8-12(2)19(14(4)24)13(3)16(11)10-23-15-6-7-17(25-5)18(9-15)26-20(21)22/h6-9,20,23H,10H2,1-5H3. The Morgan fingerprint density at radius 1 is 1.12 bits per heavy atom. The van der Waals surface area contributed by atoms with Crippen molar-refractivity contribution < 1.29 is 23.0 Å². The van der Waals surface area contributed by atoms with Crippen LogP contribution in [-0.4, -0.2) is 19.5 Å². The Kier molecular flexibility index (Phi) is 6.18. The first kappa shape index (κ1) is 19.7. The van der Waals surface area contributed by atoms with E-state index in [9.17, 15) is 13.6 Å². The Labute approximate surface area is 152 Å². The van der Waals surface area contributed by atoms with Crippen LogP contribution in [0.5, 0.6) is 11.5 Å². The highest BCUT2D eigenvalue weighted by atomic mass is 19.3. The Bertz CT molecular complexity index is 819. The normalized spacial score (nSPS) is 10.8. The van der Waals surface area contributed by atoms with Gasteiger partial charge in [0.2, 0.25) is 0 Å². The van der Waals surface area contributed by atoms with Crippen LogP contribution >= 0.6 is 0 Å². The summed E-state index contributed by atoms with van der Waals surface area (Å²) in [5.41, 5.74) is 5.30. The predicted octanol–water partition coefficient (Wildman–Crippen LogP) is 5.04. The summed E-state index contributed by atoms with van der Waals surface area (Å²) in [6.45, 7) is 4.91. The maximum Gasteiger partial charge on any atom is 0.387 e. The third-order valence-corrected chi connectivity index (χ3v) is 4.33. The van der Waals surface area contributed by atoms with Gasteiger partial charge < -0.3 is 14.8 Å². The zero-order valence-electron chi connectivity index (χ0n) is 15.6. The number of hydrogen-bond acceptors (Lipinski definition) is 4. The van der Waals surface area contributed by atoms with Crippen molar-refractivity contribution in [3.05, 3.63) is 52.1 Å². The number of hydrogen-bond donors (Lipinski definition) is 1. The number of anilines is 1. The second-order valence-electron chi connectivity index (χ2n) is 6.14. The van der Waals surface area contributed by atoms with Crippen LogP contribution < -0.4 is 14.8 Å². The molecule has 0 unspecified atom stereocenters. The quantitative estimate of drug-likeness (QED) is 0.701. The molecule has 140 valence electrons. The van der Waals surface area contributed by atoms with E-state index in [-0.39, 0.29) is 17.3 Å². The fourth-order valence-corrected chi connectivity index (χ4v) is 3.21. The summed E-state index contributed by atoms with van der Waals surface area (Å²) < 4.78 is 34.6. The third-order valence-electron chi connectivity index (χ3n) is 4.33. The molecule has 1 N–H and O–H groups in total. The van der Waals surface area contributed by atoms with E-state index in [1.165, 1.54) is 13.2 Å². The topological polar surface area (TPSA) is 47.6 Å². The molecule has 0 heterocycles. The van der Waals surface area contributed by atoms with E-state index >= 15 is 0 Å². The first-order valence-corrected chi connectivity index (χ1v) is 8.22. The van der Waals surface area contributed by atoms with Gasteiger partial charge in [-0.25, -0.2) is 0 Å². The van der Waals surface area contributed by atoms with Gasteiger partial charge in [-0.3, -0.25) is 4.79 Å². The van der Waals surface area contributed by atoms with Crippen LogP contribution in [0.3, 0.4) is 0 Å². The van der Waals surface area contributed by atoms with E-state index < -0.39 is 6.61 Å². The van der Waals surface area contributed by atoms with Crippen molar-refractivity contribution >= 4 is 11.5 Å². The molecule has 6 heteroatoms. The van der Waals surface area contributed by atoms with E-state index in [1.54, 1.807) is 19.1 Å². The van der Waals surface area contributed by atoms with E-state index in [0.29, 0.717) is 12.2 Å². The van der Waals surface area contributed by atoms with Crippen molar-refractivity contribution in [1.29, 1.82) is 0 Å². The maximum absolute atomic E-state index is 12.6. The third kappa shape index (κ3) is 4.31. The van der Waals surface area contributed by atoms with Gasteiger partial charge in [0.15, 0.2) is 17.3 Å². The lowest BCUT2D eigenvalue weighted by atomic mass is 9.91. The molecule has 0 spiro atoms. The van der Waals surface area contributed by atoms with E-state index in [1.807, 2.05) is 26.8 Å². The molecule has 0 bridgehead atoms. The van der Waals surface area contributed by atoms with Crippen LogP contribution in [0.1, 0.15) is 39.5 Å². The molecular formula is C20H23F2NO3. The number of ether oxygens (including phenoxy) is 2. The number of benzene rings is 2. The summed E-state index contributed by atoms with van der Waals surface area (Å²) in [6.07, 6.45) is 0. The smallest absolute Gasteiger partial charge is 0.387 e. The van der Waals surface area contributed by atoms with Crippen molar-refractivity contribution in [3.8, 4) is 11.5 Å². The SMILES string of the molecule is COc1ccc(NCc2c(C)cc(C)c(C(C)=O)c2C)cc1OC(F)F. The van der Waals surface area contributed by atoms with Gasteiger partial charge >= 0.3 is 6.61 Å². The number of rotatable bonds is 7. The van der Waals surface area contributed by atoms with E-state index in [0.717, 1.165) is 27.8 Å². The minimum atomic E-state index is -2.93. The van der Waals surface area contributed by atoms with Crippen LogP contribution in [0.4, 0.5) is 14.5 Å². The van der Waals surface area contributed by atoms with Crippen LogP contribution in [0, 0.1) is 20.8 Å². The fourth-order valence-electron chi connectivity index (χ4n) is 3.21.